The average Bonchev–Trinajstić information content (AvgIpc) is 2.71. The lowest BCUT2D eigenvalue weighted by Crippen LogP contribution is -2.36. The zero-order valence-electron chi connectivity index (χ0n) is 9.17. The highest BCUT2D eigenvalue weighted by Gasteiger charge is 2.27. The molecule has 1 aromatic rings. The largest absolute Gasteiger partial charge is 0.489 e. The summed E-state index contributed by atoms with van der Waals surface area (Å²) in [6.07, 6.45) is 3.70. The lowest BCUT2D eigenvalue weighted by atomic mass is 10.2. The Morgan fingerprint density at radius 3 is 2.75 bits per heavy atom. The third-order valence-corrected chi connectivity index (χ3v) is 3.74. The Labute approximate surface area is 106 Å². The first-order valence-corrected chi connectivity index (χ1v) is 6.25. The maximum absolute atomic E-state index is 5.94. The quantitative estimate of drug-likeness (QED) is 0.897. The minimum absolute atomic E-state index is 0.238. The molecule has 0 saturated heterocycles. The van der Waals surface area contributed by atoms with E-state index in [1.54, 1.807) is 12.1 Å². The number of hydrogen-bond acceptors (Lipinski definition) is 2. The van der Waals surface area contributed by atoms with Crippen LogP contribution in [0.3, 0.4) is 0 Å². The van der Waals surface area contributed by atoms with Gasteiger partial charge in [0.25, 0.3) is 0 Å². The van der Waals surface area contributed by atoms with E-state index in [1.165, 1.54) is 12.8 Å². The summed E-state index contributed by atoms with van der Waals surface area (Å²) in [5, 5.41) is 4.38. The van der Waals surface area contributed by atoms with Gasteiger partial charge < -0.3 is 10.1 Å². The van der Waals surface area contributed by atoms with E-state index in [9.17, 15) is 0 Å². The van der Waals surface area contributed by atoms with Gasteiger partial charge in [-0.05, 0) is 38.4 Å². The molecule has 2 atom stereocenters. The fourth-order valence-corrected chi connectivity index (χ4v) is 2.41. The molecule has 1 aromatic carbocycles. The van der Waals surface area contributed by atoms with Crippen molar-refractivity contribution in [2.75, 3.05) is 7.05 Å². The van der Waals surface area contributed by atoms with Crippen LogP contribution >= 0.6 is 23.2 Å². The zero-order valence-corrected chi connectivity index (χ0v) is 10.7. The molecule has 2 rings (SSSR count). The molecule has 16 heavy (non-hydrogen) atoms. The van der Waals surface area contributed by atoms with E-state index in [2.05, 4.69) is 5.32 Å². The van der Waals surface area contributed by atoms with Crippen LogP contribution in [0, 0.1) is 0 Å². The van der Waals surface area contributed by atoms with Crippen molar-refractivity contribution in [1.29, 1.82) is 0 Å². The van der Waals surface area contributed by atoms with Crippen LogP contribution in [-0.4, -0.2) is 19.2 Å². The van der Waals surface area contributed by atoms with Crippen molar-refractivity contribution < 1.29 is 4.74 Å². The summed E-state index contributed by atoms with van der Waals surface area (Å²) in [6.45, 7) is 0. The molecular weight excluding hydrogens is 245 g/mol. The Balaban J connectivity index is 2.05. The third kappa shape index (κ3) is 2.62. The van der Waals surface area contributed by atoms with E-state index in [0.29, 0.717) is 16.1 Å². The highest BCUT2D eigenvalue weighted by Crippen LogP contribution is 2.29. The Morgan fingerprint density at radius 1 is 1.25 bits per heavy atom. The molecule has 1 aliphatic rings. The molecule has 1 fully saturated rings. The van der Waals surface area contributed by atoms with Crippen LogP contribution in [0.15, 0.2) is 18.2 Å². The molecule has 0 aliphatic heterocycles. The van der Waals surface area contributed by atoms with E-state index < -0.39 is 0 Å². The predicted molar refractivity (Wildman–Crippen MR) is 67.6 cm³/mol. The zero-order chi connectivity index (χ0) is 11.5. The summed E-state index contributed by atoms with van der Waals surface area (Å²) in [7, 11) is 1.97. The Bertz CT molecular complexity index is 370. The lowest BCUT2D eigenvalue weighted by Gasteiger charge is -2.20. The molecule has 1 aliphatic carbocycles. The van der Waals surface area contributed by atoms with Crippen molar-refractivity contribution in [1.82, 2.24) is 5.32 Å². The maximum atomic E-state index is 5.94. The van der Waals surface area contributed by atoms with Gasteiger partial charge in [0.15, 0.2) is 0 Å². The first-order valence-electron chi connectivity index (χ1n) is 5.49. The standard InChI is InChI=1S/C12H15Cl2NO/c1-15-11-3-2-4-12(11)16-8-5-6-9(13)10(14)7-8/h5-7,11-12,15H,2-4H2,1H3. The van der Waals surface area contributed by atoms with E-state index in [1.807, 2.05) is 13.1 Å². The number of ether oxygens (including phenoxy) is 1. The van der Waals surface area contributed by atoms with Gasteiger partial charge in [0.1, 0.15) is 11.9 Å². The van der Waals surface area contributed by atoms with Crippen LogP contribution in [0.1, 0.15) is 19.3 Å². The van der Waals surface area contributed by atoms with E-state index in [0.717, 1.165) is 12.2 Å². The summed E-state index contributed by atoms with van der Waals surface area (Å²) in [4.78, 5) is 0. The molecular formula is C12H15Cl2NO. The Hall–Kier alpha value is -0.440. The number of likely N-dealkylation sites (N-methyl/N-ethyl adjacent to an activating group) is 1. The van der Waals surface area contributed by atoms with Crippen molar-refractivity contribution in [3.8, 4) is 5.75 Å². The smallest absolute Gasteiger partial charge is 0.121 e. The van der Waals surface area contributed by atoms with Crippen LogP contribution in [0.5, 0.6) is 5.75 Å². The molecule has 2 unspecified atom stereocenters. The topological polar surface area (TPSA) is 21.3 Å². The van der Waals surface area contributed by atoms with Crippen molar-refractivity contribution in [2.24, 2.45) is 0 Å². The van der Waals surface area contributed by atoms with Crippen LogP contribution in [0.4, 0.5) is 0 Å². The number of benzene rings is 1. The molecule has 0 spiro atoms. The highest BCUT2D eigenvalue weighted by molar-refractivity contribution is 6.42. The van der Waals surface area contributed by atoms with E-state index >= 15 is 0 Å². The second-order valence-electron chi connectivity index (χ2n) is 4.06. The molecule has 0 bridgehead atoms. The van der Waals surface area contributed by atoms with Crippen molar-refractivity contribution in [2.45, 2.75) is 31.4 Å². The predicted octanol–water partition coefficient (Wildman–Crippen LogP) is 3.51. The molecule has 0 amide bonds. The minimum Gasteiger partial charge on any atom is -0.489 e. The molecule has 0 radical (unpaired) electrons. The lowest BCUT2D eigenvalue weighted by molar-refractivity contribution is 0.179. The summed E-state index contributed by atoms with van der Waals surface area (Å²) >= 11 is 11.8. The van der Waals surface area contributed by atoms with Crippen LogP contribution in [0.25, 0.3) is 0 Å². The second-order valence-corrected chi connectivity index (χ2v) is 4.87. The third-order valence-electron chi connectivity index (χ3n) is 3.00. The van der Waals surface area contributed by atoms with Crippen LogP contribution in [-0.2, 0) is 0 Å². The van der Waals surface area contributed by atoms with Gasteiger partial charge in [-0.2, -0.15) is 0 Å². The molecule has 4 heteroatoms. The first-order chi connectivity index (χ1) is 7.70. The summed E-state index contributed by atoms with van der Waals surface area (Å²) in [5.41, 5.74) is 0. The second kappa shape index (κ2) is 5.26. The molecule has 0 heterocycles. The fourth-order valence-electron chi connectivity index (χ4n) is 2.12. The fraction of sp³-hybridized carbons (Fsp3) is 0.500. The van der Waals surface area contributed by atoms with E-state index in [4.69, 9.17) is 27.9 Å². The Kier molecular flexibility index (Phi) is 3.95. The number of halogens is 2. The summed E-state index contributed by atoms with van der Waals surface area (Å²) < 4.78 is 5.91. The van der Waals surface area contributed by atoms with Gasteiger partial charge in [0.05, 0.1) is 10.0 Å². The molecule has 2 nitrogen and oxygen atoms in total. The van der Waals surface area contributed by atoms with Gasteiger partial charge in [0, 0.05) is 12.1 Å². The summed E-state index contributed by atoms with van der Waals surface area (Å²) in [5.74, 6) is 0.793. The first kappa shape index (κ1) is 12.0. The van der Waals surface area contributed by atoms with Crippen molar-refractivity contribution >= 4 is 23.2 Å². The minimum atomic E-state index is 0.238. The highest BCUT2D eigenvalue weighted by atomic mass is 35.5. The maximum Gasteiger partial charge on any atom is 0.121 e. The summed E-state index contributed by atoms with van der Waals surface area (Å²) in [6, 6.07) is 5.84. The van der Waals surface area contributed by atoms with Crippen LogP contribution in [0.2, 0.25) is 10.0 Å². The normalized spacial score (nSPS) is 24.7. The molecule has 88 valence electrons. The van der Waals surface area contributed by atoms with Gasteiger partial charge >= 0.3 is 0 Å². The molecule has 0 aromatic heterocycles. The van der Waals surface area contributed by atoms with Crippen molar-refractivity contribution in [3.63, 3.8) is 0 Å². The number of hydrogen-bond donors (Lipinski definition) is 1. The number of nitrogens with one attached hydrogen (secondary N) is 1. The number of rotatable bonds is 3. The van der Waals surface area contributed by atoms with E-state index in [-0.39, 0.29) is 6.10 Å². The molecule has 1 saturated carbocycles. The van der Waals surface area contributed by atoms with Gasteiger partial charge in [-0.1, -0.05) is 23.2 Å². The Morgan fingerprint density at radius 2 is 2.06 bits per heavy atom. The van der Waals surface area contributed by atoms with Gasteiger partial charge in [0.2, 0.25) is 0 Å². The van der Waals surface area contributed by atoms with Gasteiger partial charge in [-0.15, -0.1) is 0 Å². The van der Waals surface area contributed by atoms with Gasteiger partial charge in [-0.25, -0.2) is 0 Å². The SMILES string of the molecule is CNC1CCCC1Oc1ccc(Cl)c(Cl)c1. The molecule has 1 N–H and O–H groups in total. The average molecular weight is 260 g/mol. The monoisotopic (exact) mass is 259 g/mol. The van der Waals surface area contributed by atoms with Crippen LogP contribution < -0.4 is 10.1 Å². The van der Waals surface area contributed by atoms with Crippen molar-refractivity contribution in [3.05, 3.63) is 28.2 Å². The van der Waals surface area contributed by atoms with Gasteiger partial charge in [-0.3, -0.25) is 0 Å².